The average Bonchev–Trinajstić information content (AvgIpc) is 2.22. The highest BCUT2D eigenvalue weighted by molar-refractivity contribution is 8.00. The maximum atomic E-state index is 8.40. The van der Waals surface area contributed by atoms with Crippen LogP contribution in [0, 0.1) is 0 Å². The molecule has 0 aromatic heterocycles. The molecule has 0 spiro atoms. The SMILES string of the molecule is CC1(C)CN(CCCCC(N)=NO)CCS1. The Bertz CT molecular complexity index is 243. The van der Waals surface area contributed by atoms with E-state index < -0.39 is 0 Å². The topological polar surface area (TPSA) is 61.8 Å². The van der Waals surface area contributed by atoms with Crippen LogP contribution in [-0.4, -0.2) is 46.1 Å². The number of hydrogen-bond acceptors (Lipinski definition) is 4. The smallest absolute Gasteiger partial charge is 0.139 e. The van der Waals surface area contributed by atoms with Crippen molar-refractivity contribution in [3.8, 4) is 0 Å². The van der Waals surface area contributed by atoms with Crippen molar-refractivity contribution in [2.75, 3.05) is 25.4 Å². The van der Waals surface area contributed by atoms with E-state index in [-0.39, 0.29) is 0 Å². The predicted molar refractivity (Wildman–Crippen MR) is 70.2 cm³/mol. The molecule has 1 aliphatic heterocycles. The fraction of sp³-hybridized carbons (Fsp3) is 0.909. The first-order valence-electron chi connectivity index (χ1n) is 5.86. The molecular formula is C11H23N3OS. The average molecular weight is 245 g/mol. The lowest BCUT2D eigenvalue weighted by molar-refractivity contribution is 0.256. The Hall–Kier alpha value is -0.420. The van der Waals surface area contributed by atoms with Gasteiger partial charge in [0, 0.05) is 30.0 Å². The molecule has 0 aromatic rings. The lowest BCUT2D eigenvalue weighted by atomic mass is 10.1. The summed E-state index contributed by atoms with van der Waals surface area (Å²) in [7, 11) is 0. The molecule has 0 radical (unpaired) electrons. The number of nitrogens with two attached hydrogens (primary N) is 1. The van der Waals surface area contributed by atoms with Crippen LogP contribution < -0.4 is 5.73 Å². The molecule has 0 unspecified atom stereocenters. The van der Waals surface area contributed by atoms with Crippen LogP contribution in [0.2, 0.25) is 0 Å². The van der Waals surface area contributed by atoms with Crippen LogP contribution in [0.4, 0.5) is 0 Å². The Balaban J connectivity index is 2.13. The minimum Gasteiger partial charge on any atom is -0.409 e. The molecule has 0 aliphatic carbocycles. The molecule has 3 N–H and O–H groups in total. The molecule has 1 saturated heterocycles. The molecule has 5 heteroatoms. The van der Waals surface area contributed by atoms with Gasteiger partial charge in [-0.15, -0.1) is 0 Å². The van der Waals surface area contributed by atoms with Gasteiger partial charge in [0.2, 0.25) is 0 Å². The molecule has 1 rings (SSSR count). The van der Waals surface area contributed by atoms with Gasteiger partial charge in [0.15, 0.2) is 0 Å². The van der Waals surface area contributed by atoms with Crippen LogP contribution in [0.5, 0.6) is 0 Å². The van der Waals surface area contributed by atoms with Gasteiger partial charge in [0.25, 0.3) is 0 Å². The maximum Gasteiger partial charge on any atom is 0.139 e. The van der Waals surface area contributed by atoms with Crippen molar-refractivity contribution in [3.63, 3.8) is 0 Å². The zero-order valence-electron chi connectivity index (χ0n) is 10.3. The third kappa shape index (κ3) is 5.07. The standard InChI is InChI=1S/C11H23N3OS/c1-11(2)9-14(7-8-16-11)6-4-3-5-10(12)13-15/h15H,3-9H2,1-2H3,(H2,12,13). The van der Waals surface area contributed by atoms with E-state index in [4.69, 9.17) is 10.9 Å². The van der Waals surface area contributed by atoms with Crippen molar-refractivity contribution in [2.45, 2.75) is 37.9 Å². The van der Waals surface area contributed by atoms with E-state index in [0.29, 0.717) is 17.0 Å². The van der Waals surface area contributed by atoms with Crippen molar-refractivity contribution in [3.05, 3.63) is 0 Å². The molecule has 0 bridgehead atoms. The normalized spacial score (nSPS) is 22.2. The summed E-state index contributed by atoms with van der Waals surface area (Å²) in [6.07, 6.45) is 2.82. The summed E-state index contributed by atoms with van der Waals surface area (Å²) in [6, 6.07) is 0. The largest absolute Gasteiger partial charge is 0.409 e. The second kappa shape index (κ2) is 6.35. The molecule has 0 amide bonds. The number of thioether (sulfide) groups is 1. The van der Waals surface area contributed by atoms with Crippen LogP contribution in [0.1, 0.15) is 33.1 Å². The summed E-state index contributed by atoms with van der Waals surface area (Å²) in [6.45, 7) is 8.10. The van der Waals surface area contributed by atoms with Crippen LogP contribution in [0.15, 0.2) is 5.16 Å². The molecule has 1 fully saturated rings. The van der Waals surface area contributed by atoms with Crippen LogP contribution >= 0.6 is 11.8 Å². The van der Waals surface area contributed by atoms with Gasteiger partial charge in [-0.05, 0) is 33.2 Å². The predicted octanol–water partition coefficient (Wildman–Crippen LogP) is 1.73. The van der Waals surface area contributed by atoms with Crippen molar-refractivity contribution in [1.29, 1.82) is 0 Å². The van der Waals surface area contributed by atoms with Crippen LogP contribution in [-0.2, 0) is 0 Å². The summed E-state index contributed by atoms with van der Waals surface area (Å²) < 4.78 is 0.393. The number of oxime groups is 1. The van der Waals surface area contributed by atoms with Crippen LogP contribution in [0.25, 0.3) is 0 Å². The molecule has 4 nitrogen and oxygen atoms in total. The van der Waals surface area contributed by atoms with Gasteiger partial charge in [0.1, 0.15) is 5.84 Å². The number of nitrogens with zero attached hydrogens (tertiary/aromatic N) is 2. The zero-order chi connectivity index (χ0) is 12.0. The zero-order valence-corrected chi connectivity index (χ0v) is 11.1. The Morgan fingerprint density at radius 3 is 2.88 bits per heavy atom. The molecule has 0 atom stereocenters. The fourth-order valence-electron chi connectivity index (χ4n) is 2.00. The quantitative estimate of drug-likeness (QED) is 0.255. The molecule has 1 heterocycles. The third-order valence-electron chi connectivity index (χ3n) is 2.79. The van der Waals surface area contributed by atoms with Gasteiger partial charge >= 0.3 is 0 Å². The summed E-state index contributed by atoms with van der Waals surface area (Å²) in [5, 5.41) is 11.4. The minimum absolute atomic E-state index is 0.342. The van der Waals surface area contributed by atoms with Crippen molar-refractivity contribution >= 4 is 17.6 Å². The molecule has 1 aliphatic rings. The number of unbranched alkanes of at least 4 members (excludes halogenated alkanes) is 1. The second-order valence-corrected chi connectivity index (χ2v) is 6.73. The van der Waals surface area contributed by atoms with Crippen LogP contribution in [0.3, 0.4) is 0 Å². The monoisotopic (exact) mass is 245 g/mol. The fourth-order valence-corrected chi connectivity index (χ4v) is 3.17. The number of amidine groups is 1. The molecule has 0 aromatic carbocycles. The lowest BCUT2D eigenvalue weighted by Gasteiger charge is -2.37. The van der Waals surface area contributed by atoms with Gasteiger partial charge in [-0.25, -0.2) is 0 Å². The highest BCUT2D eigenvalue weighted by atomic mass is 32.2. The third-order valence-corrected chi connectivity index (χ3v) is 4.09. The van der Waals surface area contributed by atoms with Gasteiger partial charge in [0.05, 0.1) is 0 Å². The molecular weight excluding hydrogens is 222 g/mol. The van der Waals surface area contributed by atoms with Gasteiger partial charge in [-0.1, -0.05) is 5.16 Å². The van der Waals surface area contributed by atoms with Gasteiger partial charge in [-0.3, -0.25) is 0 Å². The van der Waals surface area contributed by atoms with E-state index in [1.807, 2.05) is 0 Å². The molecule has 0 saturated carbocycles. The van der Waals surface area contributed by atoms with Crippen molar-refractivity contribution in [1.82, 2.24) is 4.90 Å². The van der Waals surface area contributed by atoms with Gasteiger partial charge < -0.3 is 15.8 Å². The van der Waals surface area contributed by atoms with E-state index in [0.717, 1.165) is 19.4 Å². The Labute approximate surface area is 102 Å². The highest BCUT2D eigenvalue weighted by Crippen LogP contribution is 2.29. The van der Waals surface area contributed by atoms with E-state index in [1.54, 1.807) is 0 Å². The lowest BCUT2D eigenvalue weighted by Crippen LogP contribution is -2.43. The Morgan fingerprint density at radius 1 is 1.50 bits per heavy atom. The van der Waals surface area contributed by atoms with E-state index in [2.05, 4.69) is 35.7 Å². The second-order valence-electron chi connectivity index (χ2n) is 4.93. The number of rotatable bonds is 5. The Morgan fingerprint density at radius 2 is 2.25 bits per heavy atom. The van der Waals surface area contributed by atoms with E-state index >= 15 is 0 Å². The molecule has 16 heavy (non-hydrogen) atoms. The number of hydrogen-bond donors (Lipinski definition) is 2. The first-order valence-corrected chi connectivity index (χ1v) is 6.85. The molecule has 94 valence electrons. The van der Waals surface area contributed by atoms with Gasteiger partial charge in [-0.2, -0.15) is 11.8 Å². The summed E-state index contributed by atoms with van der Waals surface area (Å²) >= 11 is 2.06. The first-order chi connectivity index (χ1) is 7.53. The highest BCUT2D eigenvalue weighted by Gasteiger charge is 2.26. The van der Waals surface area contributed by atoms with Crippen molar-refractivity contribution < 1.29 is 5.21 Å². The maximum absolute atomic E-state index is 8.40. The minimum atomic E-state index is 0.342. The summed E-state index contributed by atoms with van der Waals surface area (Å²) in [5.41, 5.74) is 5.42. The van der Waals surface area contributed by atoms with E-state index in [1.165, 1.54) is 18.8 Å². The first kappa shape index (κ1) is 13.6. The Kier molecular flexibility index (Phi) is 5.41. The van der Waals surface area contributed by atoms with E-state index in [9.17, 15) is 0 Å². The van der Waals surface area contributed by atoms with Crippen molar-refractivity contribution in [2.24, 2.45) is 10.9 Å². The summed E-state index contributed by atoms with van der Waals surface area (Å²) in [4.78, 5) is 2.52. The summed E-state index contributed by atoms with van der Waals surface area (Å²) in [5.74, 6) is 1.57.